The summed E-state index contributed by atoms with van der Waals surface area (Å²) in [5.41, 5.74) is 0.646. The van der Waals surface area contributed by atoms with E-state index in [4.69, 9.17) is 23.2 Å². The molecule has 1 aliphatic rings. The Labute approximate surface area is 135 Å². The standard InChI is InChI=1S/C12H16Cl2N2O2S.ClH/c1-16(10-4-5-15-7-10)19(17,18)8-9-2-3-11(13)12(14)6-9;/h2-3,6,10,15H,4-5,7-8H2,1H3;1H. The van der Waals surface area contributed by atoms with Crippen molar-refractivity contribution in [2.45, 2.75) is 18.2 Å². The molecule has 1 aromatic carbocycles. The molecule has 1 atom stereocenters. The lowest BCUT2D eigenvalue weighted by Gasteiger charge is -2.23. The molecule has 4 nitrogen and oxygen atoms in total. The largest absolute Gasteiger partial charge is 0.315 e. The minimum absolute atomic E-state index is 0. The molecule has 1 unspecified atom stereocenters. The molecule has 0 spiro atoms. The van der Waals surface area contributed by atoms with Gasteiger partial charge in [-0.3, -0.25) is 0 Å². The van der Waals surface area contributed by atoms with Crippen LogP contribution in [-0.2, 0) is 15.8 Å². The lowest BCUT2D eigenvalue weighted by Crippen LogP contribution is -2.38. The highest BCUT2D eigenvalue weighted by atomic mass is 35.5. The molecule has 1 aliphatic heterocycles. The molecular formula is C12H17Cl3N2O2S. The third kappa shape index (κ3) is 4.23. The van der Waals surface area contributed by atoms with Crippen LogP contribution in [-0.4, -0.2) is 38.9 Å². The first-order valence-electron chi connectivity index (χ1n) is 6.00. The molecule has 1 fully saturated rings. The Morgan fingerprint density at radius 2 is 2.05 bits per heavy atom. The van der Waals surface area contributed by atoms with Crippen molar-refractivity contribution in [1.29, 1.82) is 0 Å². The zero-order valence-corrected chi connectivity index (χ0v) is 14.1. The van der Waals surface area contributed by atoms with Crippen molar-refractivity contribution in [1.82, 2.24) is 9.62 Å². The number of sulfonamides is 1. The van der Waals surface area contributed by atoms with Crippen LogP contribution in [0.1, 0.15) is 12.0 Å². The van der Waals surface area contributed by atoms with Gasteiger partial charge in [0.25, 0.3) is 0 Å². The topological polar surface area (TPSA) is 49.4 Å². The van der Waals surface area contributed by atoms with E-state index in [9.17, 15) is 8.42 Å². The van der Waals surface area contributed by atoms with Crippen molar-refractivity contribution >= 4 is 45.6 Å². The van der Waals surface area contributed by atoms with Gasteiger partial charge in [-0.05, 0) is 30.7 Å². The summed E-state index contributed by atoms with van der Waals surface area (Å²) in [4.78, 5) is 0. The summed E-state index contributed by atoms with van der Waals surface area (Å²) in [6, 6.07) is 4.94. The summed E-state index contributed by atoms with van der Waals surface area (Å²) < 4.78 is 26.1. The van der Waals surface area contributed by atoms with Gasteiger partial charge in [0.15, 0.2) is 0 Å². The molecule has 0 aliphatic carbocycles. The molecule has 1 saturated heterocycles. The SMILES string of the molecule is CN(C1CCNC1)S(=O)(=O)Cc1ccc(Cl)c(Cl)c1.Cl. The minimum Gasteiger partial charge on any atom is -0.315 e. The van der Waals surface area contributed by atoms with E-state index in [1.54, 1.807) is 25.2 Å². The summed E-state index contributed by atoms with van der Waals surface area (Å²) in [5.74, 6) is -0.0586. The maximum Gasteiger partial charge on any atom is 0.218 e. The molecule has 0 aromatic heterocycles. The zero-order valence-electron chi connectivity index (χ0n) is 11.0. The highest BCUT2D eigenvalue weighted by Crippen LogP contribution is 2.24. The Morgan fingerprint density at radius 1 is 1.35 bits per heavy atom. The van der Waals surface area contributed by atoms with E-state index in [0.29, 0.717) is 22.2 Å². The fraction of sp³-hybridized carbons (Fsp3) is 0.500. The van der Waals surface area contributed by atoms with Crippen molar-refractivity contribution in [3.63, 3.8) is 0 Å². The number of benzene rings is 1. The fourth-order valence-corrected chi connectivity index (χ4v) is 3.88. The van der Waals surface area contributed by atoms with E-state index < -0.39 is 10.0 Å². The third-order valence-corrected chi connectivity index (χ3v) is 5.93. The highest BCUT2D eigenvalue weighted by Gasteiger charge is 2.28. The maximum absolute atomic E-state index is 12.3. The van der Waals surface area contributed by atoms with Gasteiger partial charge in [0.1, 0.15) is 0 Å². The molecule has 0 saturated carbocycles. The predicted molar refractivity (Wildman–Crippen MR) is 85.4 cm³/mol. The van der Waals surface area contributed by atoms with Gasteiger partial charge in [-0.1, -0.05) is 29.3 Å². The van der Waals surface area contributed by atoms with Gasteiger partial charge >= 0.3 is 0 Å². The fourth-order valence-electron chi connectivity index (χ4n) is 2.12. The Kier molecular flexibility index (Phi) is 6.57. The quantitative estimate of drug-likeness (QED) is 0.899. The van der Waals surface area contributed by atoms with Crippen molar-refractivity contribution in [2.75, 3.05) is 20.1 Å². The van der Waals surface area contributed by atoms with E-state index >= 15 is 0 Å². The van der Waals surface area contributed by atoms with Crippen LogP contribution in [0, 0.1) is 0 Å². The van der Waals surface area contributed by atoms with Gasteiger partial charge in [-0.2, -0.15) is 0 Å². The summed E-state index contributed by atoms with van der Waals surface area (Å²) >= 11 is 11.7. The molecule has 0 amide bonds. The molecular weight excluding hydrogens is 343 g/mol. The van der Waals surface area contributed by atoms with E-state index in [2.05, 4.69) is 5.32 Å². The normalized spacial score (nSPS) is 19.1. The monoisotopic (exact) mass is 358 g/mol. The van der Waals surface area contributed by atoms with Crippen LogP contribution in [0.15, 0.2) is 18.2 Å². The molecule has 114 valence electrons. The van der Waals surface area contributed by atoms with Crippen LogP contribution < -0.4 is 5.32 Å². The summed E-state index contributed by atoms with van der Waals surface area (Å²) in [6.07, 6.45) is 0.844. The van der Waals surface area contributed by atoms with E-state index in [0.717, 1.165) is 13.0 Å². The highest BCUT2D eigenvalue weighted by molar-refractivity contribution is 7.88. The second-order valence-corrected chi connectivity index (χ2v) is 7.51. The lowest BCUT2D eigenvalue weighted by atomic mass is 10.2. The van der Waals surface area contributed by atoms with Crippen molar-refractivity contribution in [3.05, 3.63) is 33.8 Å². The Morgan fingerprint density at radius 3 is 2.60 bits per heavy atom. The third-order valence-electron chi connectivity index (χ3n) is 3.32. The molecule has 1 N–H and O–H groups in total. The van der Waals surface area contributed by atoms with Gasteiger partial charge in [-0.25, -0.2) is 12.7 Å². The van der Waals surface area contributed by atoms with Crippen LogP contribution in [0.5, 0.6) is 0 Å². The van der Waals surface area contributed by atoms with Crippen LogP contribution in [0.4, 0.5) is 0 Å². The summed E-state index contributed by atoms with van der Waals surface area (Å²) in [6.45, 7) is 1.56. The van der Waals surface area contributed by atoms with Gasteiger partial charge in [0.05, 0.1) is 15.8 Å². The molecule has 0 bridgehead atoms. The Bertz CT molecular complexity index is 560. The van der Waals surface area contributed by atoms with Crippen LogP contribution in [0.25, 0.3) is 0 Å². The second-order valence-electron chi connectivity index (χ2n) is 4.67. The number of hydrogen-bond acceptors (Lipinski definition) is 3. The minimum atomic E-state index is -3.33. The Balaban J connectivity index is 0.00000200. The van der Waals surface area contributed by atoms with Crippen molar-refractivity contribution < 1.29 is 8.42 Å². The van der Waals surface area contributed by atoms with E-state index in [1.165, 1.54) is 4.31 Å². The molecule has 0 radical (unpaired) electrons. The van der Waals surface area contributed by atoms with Crippen LogP contribution >= 0.6 is 35.6 Å². The first-order chi connectivity index (χ1) is 8.90. The average molecular weight is 360 g/mol. The van der Waals surface area contributed by atoms with Crippen LogP contribution in [0.2, 0.25) is 10.0 Å². The number of rotatable bonds is 4. The van der Waals surface area contributed by atoms with Gasteiger partial charge in [0.2, 0.25) is 10.0 Å². The van der Waals surface area contributed by atoms with Crippen molar-refractivity contribution in [3.8, 4) is 0 Å². The smallest absolute Gasteiger partial charge is 0.218 e. The summed E-state index contributed by atoms with van der Waals surface area (Å²) in [7, 11) is -1.71. The van der Waals surface area contributed by atoms with Gasteiger partial charge in [-0.15, -0.1) is 12.4 Å². The number of nitrogens with zero attached hydrogens (tertiary/aromatic N) is 1. The second kappa shape index (κ2) is 7.29. The number of nitrogens with one attached hydrogen (secondary N) is 1. The molecule has 1 heterocycles. The molecule has 1 aromatic rings. The zero-order chi connectivity index (χ0) is 14.0. The number of hydrogen-bond donors (Lipinski definition) is 1. The lowest BCUT2D eigenvalue weighted by molar-refractivity contribution is 0.387. The summed E-state index contributed by atoms with van der Waals surface area (Å²) in [5, 5.41) is 3.96. The van der Waals surface area contributed by atoms with E-state index in [-0.39, 0.29) is 24.2 Å². The van der Waals surface area contributed by atoms with Gasteiger partial charge < -0.3 is 5.32 Å². The number of halogens is 3. The molecule has 2 rings (SSSR count). The Hall–Kier alpha value is -0.0400. The number of likely N-dealkylation sites (N-methyl/N-ethyl adjacent to an activating group) is 1. The predicted octanol–water partition coefficient (Wildman–Crippen LogP) is 2.54. The maximum atomic E-state index is 12.3. The van der Waals surface area contributed by atoms with Crippen molar-refractivity contribution in [2.24, 2.45) is 0 Å². The van der Waals surface area contributed by atoms with Crippen LogP contribution in [0.3, 0.4) is 0 Å². The molecule has 8 heteroatoms. The average Bonchev–Trinajstić information content (AvgIpc) is 2.86. The first-order valence-corrected chi connectivity index (χ1v) is 8.37. The van der Waals surface area contributed by atoms with E-state index in [1.807, 2.05) is 0 Å². The van der Waals surface area contributed by atoms with Gasteiger partial charge in [0, 0.05) is 19.6 Å². The molecule has 20 heavy (non-hydrogen) atoms. The first kappa shape index (κ1) is 18.0.